The number of hydrogen-bond acceptors (Lipinski definition) is 3. The predicted octanol–water partition coefficient (Wildman–Crippen LogP) is 0.933. The summed E-state index contributed by atoms with van der Waals surface area (Å²) in [7, 11) is 3.95. The van der Waals surface area contributed by atoms with E-state index in [1.54, 1.807) is 6.92 Å². The second kappa shape index (κ2) is 6.86. The lowest BCUT2D eigenvalue weighted by Crippen LogP contribution is -2.41. The van der Waals surface area contributed by atoms with Gasteiger partial charge in [0.15, 0.2) is 0 Å². The molecule has 0 saturated carbocycles. The number of aliphatic hydroxyl groups is 1. The Morgan fingerprint density at radius 2 is 2.17 bits per heavy atom. The number of carbonyl (C=O) groups excluding carboxylic acids is 1. The Morgan fingerprint density at radius 3 is 2.78 bits per heavy atom. The minimum absolute atomic E-state index is 0.0659. The van der Waals surface area contributed by atoms with E-state index in [1.807, 2.05) is 43.3 Å². The van der Waals surface area contributed by atoms with Crippen LogP contribution in [0.2, 0.25) is 0 Å². The second-order valence-electron chi connectivity index (χ2n) is 4.47. The second-order valence-corrected chi connectivity index (χ2v) is 4.47. The van der Waals surface area contributed by atoms with Crippen LogP contribution < -0.4 is 15.5 Å². The van der Waals surface area contributed by atoms with Crippen LogP contribution in [0.15, 0.2) is 24.3 Å². The molecule has 0 fully saturated rings. The van der Waals surface area contributed by atoms with E-state index in [2.05, 4.69) is 10.6 Å². The molecule has 0 aliphatic heterocycles. The molecule has 0 aliphatic carbocycles. The number of benzene rings is 1. The molecule has 0 saturated heterocycles. The van der Waals surface area contributed by atoms with Crippen molar-refractivity contribution < 1.29 is 9.90 Å². The van der Waals surface area contributed by atoms with Crippen molar-refractivity contribution in [2.75, 3.05) is 25.6 Å². The average Bonchev–Trinajstić information content (AvgIpc) is 2.36. The van der Waals surface area contributed by atoms with Crippen molar-refractivity contribution in [1.29, 1.82) is 0 Å². The van der Waals surface area contributed by atoms with Crippen molar-refractivity contribution in [3.8, 4) is 0 Å². The topological polar surface area (TPSA) is 64.6 Å². The van der Waals surface area contributed by atoms with Gasteiger partial charge in [-0.3, -0.25) is 0 Å². The number of rotatable bonds is 5. The standard InChI is InChI=1S/C13H21N3O2/c1-10(9-17)15-13(18)14-8-11-5-4-6-12(7-11)16(2)3/h4-7,10,17H,8-9H2,1-3H3,(H2,14,15,18). The van der Waals surface area contributed by atoms with Crippen molar-refractivity contribution in [2.24, 2.45) is 0 Å². The third kappa shape index (κ3) is 4.63. The minimum atomic E-state index is -0.271. The normalized spacial score (nSPS) is 11.8. The van der Waals surface area contributed by atoms with Crippen LogP contribution in [0, 0.1) is 0 Å². The molecule has 5 heteroatoms. The smallest absolute Gasteiger partial charge is 0.315 e. The number of carbonyl (C=O) groups is 1. The Kier molecular flexibility index (Phi) is 5.45. The molecule has 0 radical (unpaired) electrons. The maximum absolute atomic E-state index is 11.5. The lowest BCUT2D eigenvalue weighted by Gasteiger charge is -2.15. The van der Waals surface area contributed by atoms with Gasteiger partial charge in [-0.15, -0.1) is 0 Å². The average molecular weight is 251 g/mol. The van der Waals surface area contributed by atoms with Gasteiger partial charge < -0.3 is 20.6 Å². The van der Waals surface area contributed by atoms with E-state index >= 15 is 0 Å². The molecule has 0 aromatic heterocycles. The van der Waals surface area contributed by atoms with Crippen LogP contribution in [0.4, 0.5) is 10.5 Å². The highest BCUT2D eigenvalue weighted by Crippen LogP contribution is 2.12. The number of hydrogen-bond donors (Lipinski definition) is 3. The Balaban J connectivity index is 2.48. The maximum atomic E-state index is 11.5. The molecule has 0 bridgehead atoms. The molecule has 0 aliphatic rings. The molecule has 1 unspecified atom stereocenters. The summed E-state index contributed by atoms with van der Waals surface area (Å²) >= 11 is 0. The summed E-state index contributed by atoms with van der Waals surface area (Å²) < 4.78 is 0. The Bertz CT molecular complexity index is 394. The molecular formula is C13H21N3O2. The number of urea groups is 1. The van der Waals surface area contributed by atoms with Gasteiger partial charge in [-0.05, 0) is 24.6 Å². The van der Waals surface area contributed by atoms with Crippen LogP contribution in [-0.2, 0) is 6.54 Å². The number of anilines is 1. The molecule has 2 amide bonds. The first-order chi connectivity index (χ1) is 8.52. The van der Waals surface area contributed by atoms with E-state index in [4.69, 9.17) is 5.11 Å². The molecule has 100 valence electrons. The first kappa shape index (κ1) is 14.3. The van der Waals surface area contributed by atoms with Crippen LogP contribution in [0.1, 0.15) is 12.5 Å². The minimum Gasteiger partial charge on any atom is -0.394 e. The molecule has 5 nitrogen and oxygen atoms in total. The summed E-state index contributed by atoms with van der Waals surface area (Å²) in [4.78, 5) is 13.5. The van der Waals surface area contributed by atoms with Crippen LogP contribution in [0.5, 0.6) is 0 Å². The maximum Gasteiger partial charge on any atom is 0.315 e. The summed E-state index contributed by atoms with van der Waals surface area (Å²) in [6, 6.07) is 7.45. The first-order valence-corrected chi connectivity index (χ1v) is 5.94. The van der Waals surface area contributed by atoms with Crippen molar-refractivity contribution >= 4 is 11.7 Å². The van der Waals surface area contributed by atoms with E-state index in [1.165, 1.54) is 0 Å². The van der Waals surface area contributed by atoms with E-state index < -0.39 is 0 Å². The molecule has 1 aromatic rings. The van der Waals surface area contributed by atoms with E-state index in [-0.39, 0.29) is 18.7 Å². The van der Waals surface area contributed by atoms with Gasteiger partial charge >= 0.3 is 6.03 Å². The molecule has 1 atom stereocenters. The van der Waals surface area contributed by atoms with Gasteiger partial charge in [0.25, 0.3) is 0 Å². The monoisotopic (exact) mass is 251 g/mol. The van der Waals surface area contributed by atoms with Gasteiger partial charge in [-0.1, -0.05) is 12.1 Å². The lowest BCUT2D eigenvalue weighted by molar-refractivity contribution is 0.220. The molecule has 3 N–H and O–H groups in total. The van der Waals surface area contributed by atoms with Gasteiger partial charge in [-0.2, -0.15) is 0 Å². The third-order valence-corrected chi connectivity index (χ3v) is 2.53. The fraction of sp³-hybridized carbons (Fsp3) is 0.462. The SMILES string of the molecule is CC(CO)NC(=O)NCc1cccc(N(C)C)c1. The first-order valence-electron chi connectivity index (χ1n) is 5.94. The zero-order valence-electron chi connectivity index (χ0n) is 11.1. The van der Waals surface area contributed by atoms with Crippen LogP contribution in [-0.4, -0.2) is 37.9 Å². The number of aliphatic hydroxyl groups excluding tert-OH is 1. The zero-order valence-corrected chi connectivity index (χ0v) is 11.1. The molecule has 1 rings (SSSR count). The van der Waals surface area contributed by atoms with Crippen molar-refractivity contribution in [1.82, 2.24) is 10.6 Å². The number of nitrogens with zero attached hydrogens (tertiary/aromatic N) is 1. The molecule has 18 heavy (non-hydrogen) atoms. The molecule has 0 heterocycles. The van der Waals surface area contributed by atoms with E-state index in [0.717, 1.165) is 11.3 Å². The van der Waals surface area contributed by atoms with Crippen molar-refractivity contribution in [3.05, 3.63) is 29.8 Å². The van der Waals surface area contributed by atoms with Gasteiger partial charge in [0.05, 0.1) is 12.6 Å². The van der Waals surface area contributed by atoms with Crippen LogP contribution in [0.25, 0.3) is 0 Å². The summed E-state index contributed by atoms with van der Waals surface area (Å²) in [5.41, 5.74) is 2.13. The Labute approximate surface area is 108 Å². The highest BCUT2D eigenvalue weighted by Gasteiger charge is 2.05. The zero-order chi connectivity index (χ0) is 13.5. The Morgan fingerprint density at radius 1 is 1.44 bits per heavy atom. The van der Waals surface area contributed by atoms with Crippen LogP contribution >= 0.6 is 0 Å². The van der Waals surface area contributed by atoms with Gasteiger partial charge in [0, 0.05) is 26.3 Å². The number of amides is 2. The summed E-state index contributed by atoms with van der Waals surface area (Å²) in [5.74, 6) is 0. The fourth-order valence-corrected chi connectivity index (χ4v) is 1.45. The van der Waals surface area contributed by atoms with Gasteiger partial charge in [0.2, 0.25) is 0 Å². The van der Waals surface area contributed by atoms with Gasteiger partial charge in [-0.25, -0.2) is 4.79 Å². The lowest BCUT2D eigenvalue weighted by atomic mass is 10.2. The highest BCUT2D eigenvalue weighted by molar-refractivity contribution is 5.74. The van der Waals surface area contributed by atoms with E-state index in [0.29, 0.717) is 6.54 Å². The van der Waals surface area contributed by atoms with Crippen molar-refractivity contribution in [3.63, 3.8) is 0 Å². The fourth-order valence-electron chi connectivity index (χ4n) is 1.45. The molecule has 1 aromatic carbocycles. The summed E-state index contributed by atoms with van der Waals surface area (Å²) in [6.45, 7) is 2.14. The molecular weight excluding hydrogens is 230 g/mol. The molecule has 0 spiro atoms. The quantitative estimate of drug-likeness (QED) is 0.729. The predicted molar refractivity (Wildman–Crippen MR) is 72.7 cm³/mol. The van der Waals surface area contributed by atoms with Crippen LogP contribution in [0.3, 0.4) is 0 Å². The third-order valence-electron chi connectivity index (χ3n) is 2.53. The van der Waals surface area contributed by atoms with Crippen molar-refractivity contribution in [2.45, 2.75) is 19.5 Å². The Hall–Kier alpha value is -1.75. The highest BCUT2D eigenvalue weighted by atomic mass is 16.3. The summed E-state index contributed by atoms with van der Waals surface area (Å²) in [5, 5.41) is 14.2. The van der Waals surface area contributed by atoms with E-state index in [9.17, 15) is 4.79 Å². The largest absolute Gasteiger partial charge is 0.394 e. The number of nitrogens with one attached hydrogen (secondary N) is 2. The summed E-state index contributed by atoms with van der Waals surface area (Å²) in [6.07, 6.45) is 0. The van der Waals surface area contributed by atoms with Gasteiger partial charge in [0.1, 0.15) is 0 Å².